The molecule has 0 spiro atoms. The Balaban J connectivity index is -0.0000000122. The second kappa shape index (κ2) is 164000. The molecule has 0 saturated heterocycles. The molecule has 4 heteroatoms. The van der Waals surface area contributed by atoms with Crippen LogP contribution in [0.25, 0.3) is 0 Å². The molecule has 0 amide bonds. The minimum Gasteiger partial charge on any atom is -0.262 e. The Kier molecular flexibility index (Phi) is 336000. The minimum absolute atomic E-state index is 0. The van der Waals surface area contributed by atoms with Gasteiger partial charge in [0.1, 0.15) is 7.85 Å². The predicted octanol–water partition coefficient (Wildman–Crippen LogP) is 2.51. The molecule has 0 bridgehead atoms. The zero-order valence-corrected chi connectivity index (χ0v) is 10.8. The Morgan fingerprint density at radius 2 is 1.18 bits per heavy atom. The molecular formula is C7H21B2FFm. The van der Waals surface area contributed by atoms with Crippen LogP contribution in [0.15, 0.2) is 0 Å². The van der Waals surface area contributed by atoms with Crippen LogP contribution in [0.1, 0.15) is 42.9 Å². The molecule has 4 radical (unpaired) electrons. The largest absolute Gasteiger partial charge is 0.262 e. The summed E-state index contributed by atoms with van der Waals surface area (Å²) in [6, 6.07) is 0. The Morgan fingerprint density at radius 1 is 1.18 bits per heavy atom. The third-order valence-electron chi connectivity index (χ3n) is 0. The standard InChI is InChI=1S/3C2H6.CH2BF.BH.Fm/c3*1-2;2-1-3;;/h3*1-2H3;1H2;1H;/i;;;2*1T;. The monoisotopic (exact) mass is 407 g/mol. The van der Waals surface area contributed by atoms with Gasteiger partial charge in [0.2, 0.25) is 0 Å². The smallest absolute Gasteiger partial charge is 0.111 e. The van der Waals surface area contributed by atoms with Gasteiger partial charge < -0.3 is 0 Å². The van der Waals surface area contributed by atoms with Crippen LogP contribution in [0.3, 0.4) is 0 Å². The van der Waals surface area contributed by atoms with E-state index in [0.717, 1.165) is 0 Å². The van der Waals surface area contributed by atoms with E-state index >= 15 is 0 Å². The van der Waals surface area contributed by atoms with Crippen LogP contribution in [0.5, 0.6) is 0 Å². The predicted molar refractivity (Wildman–Crippen MR) is 52.9 cm³/mol. The van der Waals surface area contributed by atoms with Crippen LogP contribution in [-0.4, -0.2) is 24.1 Å². The second-order valence-corrected chi connectivity index (χ2v) is 0.126. The Bertz CT molecular complexity index is 29.2. The van der Waals surface area contributed by atoms with Gasteiger partial charge >= 0.3 is 0 Å². The normalized spacial score (nSPS) is 7.91. The molecule has 0 aromatic heterocycles. The summed E-state index contributed by atoms with van der Waals surface area (Å²) in [5, 5.41) is 0. The van der Waals surface area contributed by atoms with Crippen molar-refractivity contribution in [2.75, 3.05) is 6.55 Å². The number of alkyl halides is 1. The summed E-state index contributed by atoms with van der Waals surface area (Å²) in [6.07, 6.45) is 0. The molecule has 0 N–H and O–H groups in total. The maximum absolute atomic E-state index is 10.4. The minimum atomic E-state index is -1.92. The molecule has 0 fully saturated rings. The molecule has 0 rings (SSSR count). The molecular weight excluding hydrogens is 382 g/mol. The van der Waals surface area contributed by atoms with Gasteiger partial charge in [-0.15, -0.1) is 0 Å². The van der Waals surface area contributed by atoms with Gasteiger partial charge in [-0.25, -0.2) is 0 Å². The summed E-state index contributed by atoms with van der Waals surface area (Å²) in [6.45, 7) is 10.1. The van der Waals surface area contributed by atoms with Crippen molar-refractivity contribution in [3.05, 3.63) is 0 Å². The van der Waals surface area contributed by atoms with Gasteiger partial charge in [0, 0.05) is 14.9 Å². The fourth-order valence-electron chi connectivity index (χ4n) is 0. The molecule has 0 aromatic carbocycles. The molecule has 0 aliphatic heterocycles. The van der Waals surface area contributed by atoms with Gasteiger partial charge in [-0.2, -0.15) is 0 Å². The summed E-state index contributed by atoms with van der Waals surface area (Å²) in [4.78, 5) is 0. The molecule has 0 aliphatic carbocycles. The van der Waals surface area contributed by atoms with Crippen molar-refractivity contribution >= 4 is 16.2 Å². The number of hydrogen-bond donors (Lipinski definition) is 0. The summed E-state index contributed by atoms with van der Waals surface area (Å²) >= 11 is 0. The Hall–Kier alpha value is -0.940. The van der Waals surface area contributed by atoms with Crippen LogP contribution in [0, 0.1) is 0 Å². The summed E-state index contributed by atoms with van der Waals surface area (Å²) in [7, 11) is 7.86. The van der Waals surface area contributed by atoms with Crippen molar-refractivity contribution in [1.29, 1.82) is 1.34 Å². The van der Waals surface area contributed by atoms with E-state index in [-0.39, 0.29) is 0 Å². The molecule has 0 aromatic rings. The maximum atomic E-state index is 10.4. The summed E-state index contributed by atoms with van der Waals surface area (Å²) < 4.78 is 21.4. The number of halogens is 1. The van der Waals surface area contributed by atoms with Crippen LogP contribution in [0.2, 0.25) is 0 Å². The first kappa shape index (κ1) is 22.5. The molecule has 0 nitrogen and oxygen atoms in total. The fourth-order valence-corrected chi connectivity index (χ4v) is 0. The molecule has 74 valence electrons. The van der Waals surface area contributed by atoms with Crippen molar-refractivity contribution in [3.8, 4) is 0 Å². The van der Waals surface area contributed by atoms with Crippen LogP contribution < -0.4 is 0 Å². The van der Waals surface area contributed by atoms with Crippen molar-refractivity contribution in [1.82, 2.24) is 0 Å². The van der Waals surface area contributed by atoms with Gasteiger partial charge in [0.05, 0.1) is 1.37 Å². The van der Waals surface area contributed by atoms with E-state index in [1.54, 1.807) is 0 Å². The summed E-state index contributed by atoms with van der Waals surface area (Å²) in [5.41, 5.74) is 0. The van der Waals surface area contributed by atoms with E-state index in [2.05, 4.69) is 16.2 Å². The summed E-state index contributed by atoms with van der Waals surface area (Å²) in [5.74, 6) is 0. The quantitative estimate of drug-likeness (QED) is 0.542. The van der Waals surface area contributed by atoms with E-state index in [9.17, 15) is 4.39 Å². The first-order valence-electron chi connectivity index (χ1n) is 4.71. The molecule has 1 unspecified atom stereocenters. The van der Waals surface area contributed by atoms with Crippen molar-refractivity contribution in [2.45, 2.75) is 41.5 Å². The van der Waals surface area contributed by atoms with Crippen molar-refractivity contribution in [2.24, 2.45) is 0 Å². The zero-order chi connectivity index (χ0) is 11.6. The van der Waals surface area contributed by atoms with E-state index < -0.39 is 6.55 Å². The molecule has 0 heterocycles. The SMILES string of the molecule is CC.CC.CC.[3H]C([B])F.[3H][B].[Fm]. The average molecular weight is 407 g/mol. The van der Waals surface area contributed by atoms with E-state index in [4.69, 9.17) is 2.71 Å². The fraction of sp³-hybridized carbons (Fsp3) is 1.00. The molecule has 0 saturated carbocycles. The molecule has 0 aliphatic rings. The van der Waals surface area contributed by atoms with Crippen molar-refractivity contribution < 1.29 is 5.76 Å². The first-order valence-corrected chi connectivity index (χ1v) is 3.55. The maximum Gasteiger partial charge on any atom is 0.111 e. The van der Waals surface area contributed by atoms with E-state index in [0.29, 0.717) is 0 Å². The third-order valence-corrected chi connectivity index (χ3v) is 0. The van der Waals surface area contributed by atoms with Crippen LogP contribution >= 0.6 is 0 Å². The molecule has 11 heavy (non-hydrogen) atoms. The van der Waals surface area contributed by atoms with E-state index in [1.807, 2.05) is 41.5 Å². The van der Waals surface area contributed by atoms with Crippen LogP contribution in [-0.2, 0) is 0 Å². The Morgan fingerprint density at radius 3 is 1.18 bits per heavy atom. The molecule has 1 atom stereocenters. The first-order chi connectivity index (χ1) is 5.73. The Labute approximate surface area is 72.3 Å². The number of hydrogen-bond acceptors (Lipinski definition) is 0. The topological polar surface area (TPSA) is 0 Å². The van der Waals surface area contributed by atoms with Gasteiger partial charge in [-0.05, 0) is 1.34 Å². The zero-order valence-electron chi connectivity index (χ0n) is 10.4. The van der Waals surface area contributed by atoms with Crippen LogP contribution in [0.4, 0.5) is 4.39 Å². The van der Waals surface area contributed by atoms with E-state index in [1.165, 1.54) is 0 Å². The van der Waals surface area contributed by atoms with Gasteiger partial charge in [-0.3, -0.25) is 4.39 Å². The second-order valence-electron chi connectivity index (χ2n) is 0.126. The van der Waals surface area contributed by atoms with Gasteiger partial charge in [0.25, 0.3) is 0 Å². The van der Waals surface area contributed by atoms with Gasteiger partial charge in [0.15, 0.2) is 0 Å². The van der Waals surface area contributed by atoms with Crippen molar-refractivity contribution in [3.63, 3.8) is 0 Å². The average Bonchev–Trinajstić information content (AvgIpc) is 2.16. The third kappa shape index (κ3) is 511. The number of rotatable bonds is 0. The van der Waals surface area contributed by atoms with Gasteiger partial charge in [-0.1, -0.05) is 41.5 Å².